The minimum atomic E-state index is 0.156. The molecule has 17 heavy (non-hydrogen) atoms. The second kappa shape index (κ2) is 8.44. The Morgan fingerprint density at radius 3 is 3.12 bits per heavy atom. The minimum absolute atomic E-state index is 0.156. The topological polar surface area (TPSA) is 61.8 Å². The number of amides is 1. The molecule has 2 N–H and O–H groups in total. The fourth-order valence-corrected chi connectivity index (χ4v) is 2.19. The molecule has 0 spiro atoms. The van der Waals surface area contributed by atoms with Crippen LogP contribution in [-0.4, -0.2) is 62.4 Å². The van der Waals surface area contributed by atoms with Crippen molar-refractivity contribution < 1.29 is 14.6 Å². The number of rotatable bonds is 7. The number of hydrogen-bond acceptors (Lipinski definition) is 4. The van der Waals surface area contributed by atoms with Gasteiger partial charge in [-0.3, -0.25) is 4.79 Å². The molecule has 5 heteroatoms. The van der Waals surface area contributed by atoms with E-state index in [1.807, 2.05) is 4.90 Å². The molecule has 0 aliphatic carbocycles. The van der Waals surface area contributed by atoms with Gasteiger partial charge in [0.25, 0.3) is 0 Å². The molecule has 0 saturated carbocycles. The summed E-state index contributed by atoms with van der Waals surface area (Å²) in [6.45, 7) is 3.59. The number of ether oxygens (including phenoxy) is 1. The second-order valence-electron chi connectivity index (χ2n) is 4.53. The normalized spacial score (nSPS) is 20.6. The maximum Gasteiger partial charge on any atom is 0.236 e. The quantitative estimate of drug-likeness (QED) is 0.611. The van der Waals surface area contributed by atoms with Crippen LogP contribution in [-0.2, 0) is 9.53 Å². The number of carbonyl (C=O) groups excluding carboxylic acids is 1. The highest BCUT2D eigenvalue weighted by Gasteiger charge is 2.22. The van der Waals surface area contributed by atoms with Crippen LogP contribution in [0.1, 0.15) is 19.3 Å². The minimum Gasteiger partial charge on any atom is -0.396 e. The molecule has 0 aromatic rings. The average Bonchev–Trinajstić information content (AvgIpc) is 2.35. The second-order valence-corrected chi connectivity index (χ2v) is 4.53. The molecule has 1 saturated heterocycles. The number of aliphatic hydroxyl groups is 1. The molecule has 0 bridgehead atoms. The first-order chi connectivity index (χ1) is 8.27. The van der Waals surface area contributed by atoms with Gasteiger partial charge in [-0.2, -0.15) is 0 Å². The lowest BCUT2D eigenvalue weighted by Gasteiger charge is -2.32. The fourth-order valence-electron chi connectivity index (χ4n) is 2.19. The molecule has 1 aliphatic heterocycles. The highest BCUT2D eigenvalue weighted by Crippen LogP contribution is 2.18. The summed E-state index contributed by atoms with van der Waals surface area (Å²) >= 11 is 0. The van der Waals surface area contributed by atoms with Gasteiger partial charge in [0, 0.05) is 33.4 Å². The summed E-state index contributed by atoms with van der Waals surface area (Å²) in [6.07, 6.45) is 2.98. The van der Waals surface area contributed by atoms with Crippen LogP contribution < -0.4 is 5.32 Å². The van der Waals surface area contributed by atoms with Crippen molar-refractivity contribution in [2.24, 2.45) is 5.92 Å². The van der Waals surface area contributed by atoms with Crippen LogP contribution in [0.3, 0.4) is 0 Å². The Kier molecular flexibility index (Phi) is 7.16. The van der Waals surface area contributed by atoms with E-state index < -0.39 is 0 Å². The number of likely N-dealkylation sites (tertiary alicyclic amines) is 1. The van der Waals surface area contributed by atoms with Crippen LogP contribution in [0.15, 0.2) is 0 Å². The Hall–Kier alpha value is -0.650. The van der Waals surface area contributed by atoms with Crippen molar-refractivity contribution in [2.45, 2.75) is 19.3 Å². The SMILES string of the molecule is COCCNCC(=O)N1CCCC(CCO)C1. The molecule has 1 unspecified atom stereocenters. The highest BCUT2D eigenvalue weighted by molar-refractivity contribution is 5.78. The largest absolute Gasteiger partial charge is 0.396 e. The number of piperidine rings is 1. The molecule has 1 fully saturated rings. The molecule has 0 aromatic heterocycles. The van der Waals surface area contributed by atoms with Gasteiger partial charge in [-0.15, -0.1) is 0 Å². The van der Waals surface area contributed by atoms with Gasteiger partial charge in [0.05, 0.1) is 13.2 Å². The van der Waals surface area contributed by atoms with E-state index in [2.05, 4.69) is 5.32 Å². The molecule has 1 aliphatic rings. The summed E-state index contributed by atoms with van der Waals surface area (Å²) in [7, 11) is 1.65. The van der Waals surface area contributed by atoms with Crippen LogP contribution in [0, 0.1) is 5.92 Å². The summed E-state index contributed by atoms with van der Waals surface area (Å²) in [4.78, 5) is 13.8. The zero-order valence-corrected chi connectivity index (χ0v) is 10.7. The number of nitrogens with zero attached hydrogens (tertiary/aromatic N) is 1. The summed E-state index contributed by atoms with van der Waals surface area (Å²) in [5.41, 5.74) is 0. The van der Waals surface area contributed by atoms with Gasteiger partial charge in [-0.05, 0) is 25.2 Å². The Morgan fingerprint density at radius 2 is 2.41 bits per heavy atom. The van der Waals surface area contributed by atoms with E-state index in [1.54, 1.807) is 7.11 Å². The Balaban J connectivity index is 2.21. The maximum atomic E-state index is 11.9. The molecule has 1 heterocycles. The van der Waals surface area contributed by atoms with Crippen LogP contribution in [0.25, 0.3) is 0 Å². The standard InChI is InChI=1S/C12H24N2O3/c1-17-8-5-13-9-12(16)14-6-2-3-11(10-14)4-7-15/h11,13,15H,2-10H2,1H3. The van der Waals surface area contributed by atoms with E-state index in [1.165, 1.54) is 0 Å². The zero-order valence-electron chi connectivity index (χ0n) is 10.7. The molecule has 0 radical (unpaired) electrons. The molecule has 0 aromatic carbocycles. The van der Waals surface area contributed by atoms with Crippen molar-refractivity contribution in [3.63, 3.8) is 0 Å². The number of aliphatic hydroxyl groups excluding tert-OH is 1. The first-order valence-corrected chi connectivity index (χ1v) is 6.36. The summed E-state index contributed by atoms with van der Waals surface area (Å²) in [6, 6.07) is 0. The zero-order chi connectivity index (χ0) is 12.5. The fraction of sp³-hybridized carbons (Fsp3) is 0.917. The predicted molar refractivity (Wildman–Crippen MR) is 65.8 cm³/mol. The third-order valence-corrected chi connectivity index (χ3v) is 3.17. The van der Waals surface area contributed by atoms with Crippen LogP contribution >= 0.6 is 0 Å². The highest BCUT2D eigenvalue weighted by atomic mass is 16.5. The third-order valence-electron chi connectivity index (χ3n) is 3.17. The first-order valence-electron chi connectivity index (χ1n) is 6.36. The lowest BCUT2D eigenvalue weighted by molar-refractivity contribution is -0.132. The molecule has 1 rings (SSSR count). The van der Waals surface area contributed by atoms with Gasteiger partial charge in [0.2, 0.25) is 5.91 Å². The van der Waals surface area contributed by atoms with E-state index in [0.29, 0.717) is 25.6 Å². The summed E-state index contributed by atoms with van der Waals surface area (Å²) in [5, 5.41) is 12.0. The molecular weight excluding hydrogens is 220 g/mol. The summed E-state index contributed by atoms with van der Waals surface area (Å²) < 4.78 is 4.90. The average molecular weight is 244 g/mol. The van der Waals surface area contributed by atoms with Gasteiger partial charge in [-0.1, -0.05) is 0 Å². The van der Waals surface area contributed by atoms with Gasteiger partial charge < -0.3 is 20.1 Å². The van der Waals surface area contributed by atoms with Gasteiger partial charge in [-0.25, -0.2) is 0 Å². The van der Waals surface area contributed by atoms with Crippen molar-refractivity contribution >= 4 is 5.91 Å². The number of nitrogens with one attached hydrogen (secondary N) is 1. The predicted octanol–water partition coefficient (Wildman–Crippen LogP) is -0.157. The molecule has 5 nitrogen and oxygen atoms in total. The molecule has 1 amide bonds. The van der Waals surface area contributed by atoms with Crippen LogP contribution in [0.5, 0.6) is 0 Å². The molecule has 100 valence electrons. The van der Waals surface area contributed by atoms with Gasteiger partial charge in [0.15, 0.2) is 0 Å². The number of methoxy groups -OCH3 is 1. The van der Waals surface area contributed by atoms with Crippen molar-refractivity contribution in [3.8, 4) is 0 Å². The van der Waals surface area contributed by atoms with Gasteiger partial charge >= 0.3 is 0 Å². The van der Waals surface area contributed by atoms with Crippen molar-refractivity contribution in [1.82, 2.24) is 10.2 Å². The van der Waals surface area contributed by atoms with Crippen LogP contribution in [0.2, 0.25) is 0 Å². The van der Waals surface area contributed by atoms with Crippen molar-refractivity contribution in [3.05, 3.63) is 0 Å². The Labute approximate surface area is 103 Å². The van der Waals surface area contributed by atoms with Gasteiger partial charge in [0.1, 0.15) is 0 Å². The number of hydrogen-bond donors (Lipinski definition) is 2. The lowest BCUT2D eigenvalue weighted by Crippen LogP contribution is -2.44. The van der Waals surface area contributed by atoms with E-state index in [4.69, 9.17) is 9.84 Å². The summed E-state index contributed by atoms with van der Waals surface area (Å²) in [5.74, 6) is 0.625. The third kappa shape index (κ3) is 5.48. The molecular formula is C12H24N2O3. The lowest BCUT2D eigenvalue weighted by atomic mass is 9.95. The van der Waals surface area contributed by atoms with E-state index in [0.717, 1.165) is 32.4 Å². The van der Waals surface area contributed by atoms with E-state index >= 15 is 0 Å². The van der Waals surface area contributed by atoms with Crippen molar-refractivity contribution in [1.29, 1.82) is 0 Å². The van der Waals surface area contributed by atoms with E-state index in [-0.39, 0.29) is 12.5 Å². The van der Waals surface area contributed by atoms with Crippen molar-refractivity contribution in [2.75, 3.05) is 46.5 Å². The smallest absolute Gasteiger partial charge is 0.236 e. The maximum absolute atomic E-state index is 11.9. The number of carbonyl (C=O) groups is 1. The Bertz CT molecular complexity index is 222. The first kappa shape index (κ1) is 14.4. The molecule has 1 atom stereocenters. The Morgan fingerprint density at radius 1 is 1.59 bits per heavy atom. The van der Waals surface area contributed by atoms with Crippen LogP contribution in [0.4, 0.5) is 0 Å². The monoisotopic (exact) mass is 244 g/mol. The van der Waals surface area contributed by atoms with E-state index in [9.17, 15) is 4.79 Å².